The number of thioether (sulfide) groups is 1. The van der Waals surface area contributed by atoms with Gasteiger partial charge in [-0.1, -0.05) is 41.3 Å². The van der Waals surface area contributed by atoms with Gasteiger partial charge in [-0.15, -0.1) is 11.3 Å². The van der Waals surface area contributed by atoms with Crippen LogP contribution in [0.3, 0.4) is 0 Å². The Morgan fingerprint density at radius 3 is 2.56 bits per heavy atom. The highest BCUT2D eigenvalue weighted by molar-refractivity contribution is 8.06. The Balaban J connectivity index is 1.51. The number of thiazole rings is 1. The second-order valence-electron chi connectivity index (χ2n) is 8.27. The lowest BCUT2D eigenvalue weighted by Crippen LogP contribution is -2.53. The summed E-state index contributed by atoms with van der Waals surface area (Å²) in [7, 11) is -4.34. The van der Waals surface area contributed by atoms with Gasteiger partial charge in [0.1, 0.15) is 0 Å². The molecule has 1 spiro atoms. The molecule has 0 bridgehead atoms. The van der Waals surface area contributed by atoms with Crippen LogP contribution in [0.5, 0.6) is 0 Å². The summed E-state index contributed by atoms with van der Waals surface area (Å²) in [6.07, 6.45) is 2.35. The number of para-hydroxylation sites is 1. The molecule has 182 valence electrons. The zero-order chi connectivity index (χ0) is 25.1. The van der Waals surface area contributed by atoms with E-state index in [9.17, 15) is 17.8 Å². The van der Waals surface area contributed by atoms with E-state index in [1.807, 2.05) is 54.8 Å². The molecule has 6 rings (SSSR count). The largest absolute Gasteiger partial charge is 0.294 e. The molecule has 4 aromatic rings. The fraction of sp³-hybridized carbons (Fsp3) is 0.125. The number of hydrogen-bond acceptors (Lipinski definition) is 9. The molecule has 1 unspecified atom stereocenters. The number of amides is 1. The molecule has 36 heavy (non-hydrogen) atoms. The van der Waals surface area contributed by atoms with E-state index >= 15 is 0 Å². The third-order valence-electron chi connectivity index (χ3n) is 5.79. The summed E-state index contributed by atoms with van der Waals surface area (Å²) in [5, 5.41) is 9.03. The highest BCUT2D eigenvalue weighted by Gasteiger charge is 2.58. The van der Waals surface area contributed by atoms with Gasteiger partial charge in [-0.2, -0.15) is 13.5 Å². The van der Waals surface area contributed by atoms with Crippen LogP contribution < -0.4 is 9.91 Å². The normalized spacial score (nSPS) is 21.3. The number of aromatic nitrogens is 1. The van der Waals surface area contributed by atoms with Crippen molar-refractivity contribution in [1.82, 2.24) is 4.98 Å². The van der Waals surface area contributed by atoms with E-state index in [-0.39, 0.29) is 10.8 Å². The average molecular weight is 555 g/mol. The number of carbonyl (C=O) groups excluding carboxylic acids is 1. The number of carbonyl (C=O) groups is 1. The van der Waals surface area contributed by atoms with Gasteiger partial charge in [-0.3, -0.25) is 9.35 Å². The molecule has 1 amide bonds. The summed E-state index contributed by atoms with van der Waals surface area (Å²) in [6, 6.07) is 17.5. The monoisotopic (exact) mass is 554 g/mol. The number of fused-ring (bicyclic) bond motifs is 1. The van der Waals surface area contributed by atoms with E-state index in [2.05, 4.69) is 0 Å². The third kappa shape index (κ3) is 3.85. The molecule has 1 fully saturated rings. The smallest absolute Gasteiger partial charge is 0.282 e. The van der Waals surface area contributed by atoms with E-state index < -0.39 is 15.1 Å². The van der Waals surface area contributed by atoms with Gasteiger partial charge in [-0.25, -0.2) is 14.9 Å². The van der Waals surface area contributed by atoms with Crippen molar-refractivity contribution in [3.8, 4) is 0 Å². The van der Waals surface area contributed by atoms with E-state index in [1.165, 1.54) is 35.2 Å². The minimum atomic E-state index is -4.34. The molecule has 2 aromatic heterocycles. The molecule has 2 aliphatic heterocycles. The van der Waals surface area contributed by atoms with Crippen molar-refractivity contribution >= 4 is 83.3 Å². The predicted molar refractivity (Wildman–Crippen MR) is 146 cm³/mol. The van der Waals surface area contributed by atoms with Gasteiger partial charge in [0.15, 0.2) is 5.13 Å². The van der Waals surface area contributed by atoms with Crippen LogP contribution in [0.15, 0.2) is 80.9 Å². The van der Waals surface area contributed by atoms with Crippen molar-refractivity contribution in [2.24, 2.45) is 5.10 Å². The van der Waals surface area contributed by atoms with Crippen LogP contribution >= 0.6 is 34.4 Å². The lowest BCUT2D eigenvalue weighted by atomic mass is 10.2. The van der Waals surface area contributed by atoms with E-state index in [0.717, 1.165) is 20.8 Å². The van der Waals surface area contributed by atoms with E-state index in [0.29, 0.717) is 22.1 Å². The van der Waals surface area contributed by atoms with Crippen molar-refractivity contribution in [1.29, 1.82) is 0 Å². The van der Waals surface area contributed by atoms with E-state index in [1.54, 1.807) is 33.4 Å². The Hall–Kier alpha value is -3.03. The molecule has 0 aliphatic carbocycles. The average Bonchev–Trinajstić information content (AvgIpc) is 3.61. The second kappa shape index (κ2) is 8.53. The maximum absolute atomic E-state index is 14.0. The minimum absolute atomic E-state index is 0.170. The Labute approximate surface area is 219 Å². The Morgan fingerprint density at radius 2 is 1.86 bits per heavy atom. The SMILES string of the molecule is CC1=NN(c2ccc(S(=O)(=O)O)cc2)C2(C1)S/C(=C\c1cccs1)C(=O)N2c1nc2ccccc2s1. The lowest BCUT2D eigenvalue weighted by molar-refractivity contribution is -0.114. The third-order valence-corrected chi connectivity index (χ3v) is 9.84. The zero-order valence-electron chi connectivity index (χ0n) is 18.7. The molecule has 2 aromatic carbocycles. The van der Waals surface area contributed by atoms with Crippen LogP contribution in [0.1, 0.15) is 18.2 Å². The van der Waals surface area contributed by atoms with Crippen LogP contribution in [0, 0.1) is 0 Å². The van der Waals surface area contributed by atoms with Gasteiger partial charge in [0, 0.05) is 17.0 Å². The van der Waals surface area contributed by atoms with Crippen molar-refractivity contribution in [2.75, 3.05) is 9.91 Å². The van der Waals surface area contributed by atoms with Crippen molar-refractivity contribution in [3.63, 3.8) is 0 Å². The first-order valence-electron chi connectivity index (χ1n) is 10.8. The highest BCUT2D eigenvalue weighted by Crippen LogP contribution is 2.55. The van der Waals surface area contributed by atoms with Gasteiger partial charge < -0.3 is 0 Å². The molecule has 12 heteroatoms. The fourth-order valence-electron chi connectivity index (χ4n) is 4.28. The van der Waals surface area contributed by atoms with Gasteiger partial charge in [0.05, 0.1) is 25.7 Å². The Morgan fingerprint density at radius 1 is 1.08 bits per heavy atom. The standard InChI is InChI=1S/C24H18N4O4S4/c1-15-14-24(28(26-15)16-8-10-18(11-9-16)36(30,31)32)27(23-25-19-6-2-3-7-20(19)34-23)22(29)21(35-24)13-17-5-4-12-33-17/h2-13H,14H2,1H3,(H,30,31,32)/b21-13-. The molecule has 1 N–H and O–H groups in total. The maximum Gasteiger partial charge on any atom is 0.294 e. The topological polar surface area (TPSA) is 103 Å². The number of thiophene rings is 1. The molecule has 4 heterocycles. The molecule has 8 nitrogen and oxygen atoms in total. The highest BCUT2D eigenvalue weighted by atomic mass is 32.2. The van der Waals surface area contributed by atoms with Crippen LogP contribution in [0.25, 0.3) is 16.3 Å². The van der Waals surface area contributed by atoms with Crippen LogP contribution in [-0.2, 0) is 14.9 Å². The first kappa shape index (κ1) is 23.4. The quantitative estimate of drug-likeness (QED) is 0.256. The number of hydrazone groups is 1. The van der Waals surface area contributed by atoms with Gasteiger partial charge in [0.25, 0.3) is 16.0 Å². The Kier molecular flexibility index (Phi) is 5.54. The summed E-state index contributed by atoms with van der Waals surface area (Å²) in [5.41, 5.74) is 2.21. The van der Waals surface area contributed by atoms with Gasteiger partial charge >= 0.3 is 0 Å². The summed E-state index contributed by atoms with van der Waals surface area (Å²) < 4.78 is 33.5. The second-order valence-corrected chi connectivity index (χ2v) is 13.0. The maximum atomic E-state index is 14.0. The molecule has 0 saturated carbocycles. The summed E-state index contributed by atoms with van der Waals surface area (Å²) in [6.45, 7) is 1.90. The molecule has 2 aliphatic rings. The van der Waals surface area contributed by atoms with Crippen LogP contribution in [0.4, 0.5) is 10.8 Å². The van der Waals surface area contributed by atoms with Crippen molar-refractivity contribution in [2.45, 2.75) is 23.2 Å². The number of rotatable bonds is 4. The van der Waals surface area contributed by atoms with Crippen molar-refractivity contribution < 1.29 is 17.8 Å². The van der Waals surface area contributed by atoms with Crippen LogP contribution in [-0.4, -0.2) is 34.6 Å². The summed E-state index contributed by atoms with van der Waals surface area (Å²) in [4.78, 5) is 20.8. The Bertz CT molecular complexity index is 1630. The van der Waals surface area contributed by atoms with Gasteiger partial charge in [-0.05, 0) is 60.8 Å². The molecular weight excluding hydrogens is 537 g/mol. The first-order chi connectivity index (χ1) is 17.2. The van der Waals surface area contributed by atoms with Gasteiger partial charge in [0.2, 0.25) is 4.99 Å². The fourth-order valence-corrected chi connectivity index (χ4v) is 8.08. The van der Waals surface area contributed by atoms with Crippen LogP contribution in [0.2, 0.25) is 0 Å². The lowest BCUT2D eigenvalue weighted by Gasteiger charge is -2.38. The van der Waals surface area contributed by atoms with E-state index in [4.69, 9.17) is 10.1 Å². The molecule has 0 radical (unpaired) electrons. The summed E-state index contributed by atoms with van der Waals surface area (Å²) in [5.74, 6) is -0.170. The molecular formula is C24H18N4O4S4. The number of nitrogens with zero attached hydrogens (tertiary/aromatic N) is 4. The number of anilines is 2. The van der Waals surface area contributed by atoms with Crippen molar-refractivity contribution in [3.05, 3.63) is 75.8 Å². The zero-order valence-corrected chi connectivity index (χ0v) is 22.0. The number of hydrogen-bond donors (Lipinski definition) is 1. The summed E-state index contributed by atoms with van der Waals surface area (Å²) >= 11 is 4.40. The number of benzene rings is 2. The predicted octanol–water partition coefficient (Wildman–Crippen LogP) is 5.67. The minimum Gasteiger partial charge on any atom is -0.282 e. The molecule has 1 saturated heterocycles. The first-order valence-corrected chi connectivity index (χ1v) is 14.8. The molecule has 1 atom stereocenters.